The molecule has 0 fully saturated rings. The van der Waals surface area contributed by atoms with Crippen molar-refractivity contribution in [3.05, 3.63) is 77.6 Å². The molecule has 0 spiro atoms. The number of fused-ring (bicyclic) bond motifs is 2. The first kappa shape index (κ1) is 18.5. The number of carbonyl (C=O) groups is 2. The molecule has 0 N–H and O–H groups in total. The highest BCUT2D eigenvalue weighted by atomic mass is 32.2. The molecule has 0 radical (unpaired) electrons. The maximum Gasteiger partial charge on any atom is 0.244 e. The van der Waals surface area contributed by atoms with Crippen LogP contribution in [0.4, 0.5) is 4.39 Å². The summed E-state index contributed by atoms with van der Waals surface area (Å²) < 4.78 is 40.5. The summed E-state index contributed by atoms with van der Waals surface area (Å²) >= 11 is 0. The number of nitrogens with zero attached hydrogens (tertiary/aromatic N) is 1. The molecule has 142 valence electrons. The molecule has 1 atom stereocenters. The number of Topliss-reactive ketones (excluding diaryl/α,β-unsaturated/α-hetero) is 2. The summed E-state index contributed by atoms with van der Waals surface area (Å²) in [5.74, 6) is -2.08. The molecule has 7 heteroatoms. The van der Waals surface area contributed by atoms with E-state index in [0.717, 1.165) is 33.3 Å². The van der Waals surface area contributed by atoms with Crippen LogP contribution in [0.5, 0.6) is 0 Å². The second-order valence-corrected chi connectivity index (χ2v) is 8.40. The van der Waals surface area contributed by atoms with E-state index in [2.05, 4.69) is 0 Å². The van der Waals surface area contributed by atoms with Gasteiger partial charge in [0.25, 0.3) is 0 Å². The van der Waals surface area contributed by atoms with Gasteiger partial charge in [0.2, 0.25) is 10.0 Å². The lowest BCUT2D eigenvalue weighted by Gasteiger charge is -2.33. The van der Waals surface area contributed by atoms with Crippen molar-refractivity contribution in [3.8, 4) is 0 Å². The third kappa shape index (κ3) is 2.75. The fourth-order valence-corrected chi connectivity index (χ4v) is 5.30. The van der Waals surface area contributed by atoms with Gasteiger partial charge in [0.05, 0.1) is 4.90 Å². The average Bonchev–Trinajstić information content (AvgIpc) is 2.69. The Hall–Kier alpha value is -2.90. The summed E-state index contributed by atoms with van der Waals surface area (Å²) in [7, 11) is -4.10. The number of ketones is 2. The van der Waals surface area contributed by atoms with E-state index in [1.165, 1.54) is 0 Å². The van der Waals surface area contributed by atoms with Crippen LogP contribution in [0.3, 0.4) is 0 Å². The minimum atomic E-state index is -4.10. The normalized spacial score (nSPS) is 18.8. The molecule has 0 bridgehead atoms. The van der Waals surface area contributed by atoms with Crippen molar-refractivity contribution in [1.82, 2.24) is 4.31 Å². The van der Waals surface area contributed by atoms with Gasteiger partial charge in [-0.05, 0) is 35.0 Å². The second kappa shape index (κ2) is 6.61. The maximum absolute atomic E-state index is 13.7. The van der Waals surface area contributed by atoms with E-state index in [-0.39, 0.29) is 22.6 Å². The van der Waals surface area contributed by atoms with Gasteiger partial charge in [0, 0.05) is 17.7 Å². The summed E-state index contributed by atoms with van der Waals surface area (Å²) in [6.07, 6.45) is 0. The molecule has 0 saturated carbocycles. The Morgan fingerprint density at radius 1 is 1.04 bits per heavy atom. The van der Waals surface area contributed by atoms with Crippen molar-refractivity contribution in [2.24, 2.45) is 0 Å². The van der Waals surface area contributed by atoms with E-state index < -0.39 is 33.4 Å². The maximum atomic E-state index is 13.7. The van der Waals surface area contributed by atoms with Gasteiger partial charge < -0.3 is 0 Å². The van der Waals surface area contributed by atoms with Crippen LogP contribution in [0, 0.1) is 5.82 Å². The SMILES string of the molecule is CCN1C(C(=O)c2ccc3ccccc3c2)C(=O)c2cc(F)ccc2S1(=O)=O. The molecule has 0 saturated heterocycles. The van der Waals surface area contributed by atoms with Crippen LogP contribution < -0.4 is 0 Å². The zero-order valence-corrected chi connectivity index (χ0v) is 15.7. The molecular weight excluding hydrogens is 381 g/mol. The predicted octanol–water partition coefficient (Wildman–Crippen LogP) is 3.44. The molecule has 1 aliphatic heterocycles. The minimum absolute atomic E-state index is 0.0606. The lowest BCUT2D eigenvalue weighted by molar-refractivity contribution is 0.0771. The van der Waals surface area contributed by atoms with Crippen LogP contribution in [0.15, 0.2) is 65.6 Å². The van der Waals surface area contributed by atoms with Crippen molar-refractivity contribution in [3.63, 3.8) is 0 Å². The topological polar surface area (TPSA) is 71.5 Å². The molecule has 1 aliphatic rings. The van der Waals surface area contributed by atoms with Gasteiger partial charge in [-0.2, -0.15) is 4.31 Å². The van der Waals surface area contributed by atoms with Crippen molar-refractivity contribution in [2.45, 2.75) is 17.9 Å². The molecule has 0 amide bonds. The number of hydrogen-bond acceptors (Lipinski definition) is 4. The van der Waals surface area contributed by atoms with E-state index in [1.807, 2.05) is 24.3 Å². The number of benzene rings is 3. The molecule has 3 aromatic carbocycles. The van der Waals surface area contributed by atoms with Gasteiger partial charge in [-0.1, -0.05) is 43.3 Å². The van der Waals surface area contributed by atoms with Gasteiger partial charge in [-0.15, -0.1) is 0 Å². The van der Waals surface area contributed by atoms with E-state index >= 15 is 0 Å². The quantitative estimate of drug-likeness (QED) is 0.501. The first-order chi connectivity index (χ1) is 13.3. The first-order valence-electron chi connectivity index (χ1n) is 8.73. The second-order valence-electron chi connectivity index (χ2n) is 6.54. The summed E-state index contributed by atoms with van der Waals surface area (Å²) in [6, 6.07) is 13.7. The Bertz CT molecular complexity index is 1240. The highest BCUT2D eigenvalue weighted by Gasteiger charge is 2.46. The molecule has 5 nitrogen and oxygen atoms in total. The smallest absolute Gasteiger partial charge is 0.244 e. The molecule has 0 aromatic heterocycles. The number of likely N-dealkylation sites (N-methyl/N-ethyl adjacent to an activating group) is 1. The lowest BCUT2D eigenvalue weighted by atomic mass is 9.94. The summed E-state index contributed by atoms with van der Waals surface area (Å²) in [5.41, 5.74) is -0.0607. The Labute approximate surface area is 161 Å². The first-order valence-corrected chi connectivity index (χ1v) is 10.2. The van der Waals surface area contributed by atoms with Gasteiger partial charge in [-0.25, -0.2) is 12.8 Å². The molecule has 28 heavy (non-hydrogen) atoms. The monoisotopic (exact) mass is 397 g/mol. The van der Waals surface area contributed by atoms with Crippen molar-refractivity contribution in [1.29, 1.82) is 0 Å². The van der Waals surface area contributed by atoms with Crippen LogP contribution in [0.2, 0.25) is 0 Å². The third-order valence-electron chi connectivity index (χ3n) is 4.92. The lowest BCUT2D eigenvalue weighted by Crippen LogP contribution is -2.53. The number of rotatable bonds is 3. The number of sulfonamides is 1. The summed E-state index contributed by atoms with van der Waals surface area (Å²) in [6.45, 7) is 1.49. The van der Waals surface area contributed by atoms with E-state index in [9.17, 15) is 22.4 Å². The Kier molecular flexibility index (Phi) is 4.36. The van der Waals surface area contributed by atoms with Crippen molar-refractivity contribution in [2.75, 3.05) is 6.54 Å². The predicted molar refractivity (Wildman–Crippen MR) is 102 cm³/mol. The molecule has 0 aliphatic carbocycles. The van der Waals surface area contributed by atoms with Crippen LogP contribution in [0.1, 0.15) is 27.6 Å². The van der Waals surface area contributed by atoms with Crippen molar-refractivity contribution >= 4 is 32.4 Å². The Balaban J connectivity index is 1.87. The number of carbonyl (C=O) groups excluding carboxylic acids is 2. The fourth-order valence-electron chi connectivity index (χ4n) is 3.57. The zero-order valence-electron chi connectivity index (χ0n) is 14.9. The Morgan fingerprint density at radius 3 is 2.46 bits per heavy atom. The standard InChI is InChI=1S/C21H16FNO4S/c1-2-23-19(20(24)15-8-7-13-5-3-4-6-14(13)11-15)21(25)17-12-16(22)9-10-18(17)28(23,26)27/h3-12,19H,2H2,1H3. The third-order valence-corrected chi connectivity index (χ3v) is 6.92. The molecule has 1 heterocycles. The zero-order chi connectivity index (χ0) is 20.1. The fraction of sp³-hybridized carbons (Fsp3) is 0.143. The van der Waals surface area contributed by atoms with Gasteiger partial charge in [-0.3, -0.25) is 9.59 Å². The van der Waals surface area contributed by atoms with Gasteiger partial charge >= 0.3 is 0 Å². The highest BCUT2D eigenvalue weighted by Crippen LogP contribution is 2.32. The average molecular weight is 397 g/mol. The van der Waals surface area contributed by atoms with Crippen LogP contribution in [-0.4, -0.2) is 36.9 Å². The summed E-state index contributed by atoms with van der Waals surface area (Å²) in [5, 5.41) is 1.72. The molecule has 1 unspecified atom stereocenters. The van der Waals surface area contributed by atoms with E-state index in [0.29, 0.717) is 0 Å². The summed E-state index contributed by atoms with van der Waals surface area (Å²) in [4.78, 5) is 25.9. The van der Waals surface area contributed by atoms with Crippen LogP contribution in [0.25, 0.3) is 10.8 Å². The van der Waals surface area contributed by atoms with Crippen molar-refractivity contribution < 1.29 is 22.4 Å². The molecule has 4 rings (SSSR count). The van der Waals surface area contributed by atoms with Gasteiger partial charge in [0.15, 0.2) is 17.6 Å². The number of hydrogen-bond donors (Lipinski definition) is 0. The Morgan fingerprint density at radius 2 is 1.75 bits per heavy atom. The number of halogens is 1. The molecule has 3 aromatic rings. The van der Waals surface area contributed by atoms with Crippen LogP contribution in [-0.2, 0) is 10.0 Å². The molecular formula is C21H16FNO4S. The van der Waals surface area contributed by atoms with Crippen LogP contribution >= 0.6 is 0 Å². The largest absolute Gasteiger partial charge is 0.292 e. The minimum Gasteiger partial charge on any atom is -0.292 e. The van der Waals surface area contributed by atoms with E-state index in [4.69, 9.17) is 0 Å². The highest BCUT2D eigenvalue weighted by molar-refractivity contribution is 7.89. The van der Waals surface area contributed by atoms with E-state index in [1.54, 1.807) is 25.1 Å². The van der Waals surface area contributed by atoms with Gasteiger partial charge in [0.1, 0.15) is 5.82 Å².